The van der Waals surface area contributed by atoms with E-state index in [0.29, 0.717) is 13.0 Å². The van der Waals surface area contributed by atoms with Crippen LogP contribution in [-0.4, -0.2) is 35.7 Å². The van der Waals surface area contributed by atoms with Crippen molar-refractivity contribution in [1.82, 2.24) is 10.6 Å². The highest BCUT2D eigenvalue weighted by Gasteiger charge is 2.30. The average Bonchev–Trinajstić information content (AvgIpc) is 2.41. The van der Waals surface area contributed by atoms with Crippen molar-refractivity contribution in [2.75, 3.05) is 12.3 Å². The topological polar surface area (TPSA) is 58.2 Å². The van der Waals surface area contributed by atoms with Crippen LogP contribution in [0.5, 0.6) is 0 Å². The molecule has 0 aliphatic carbocycles. The maximum atomic E-state index is 11.8. The van der Waals surface area contributed by atoms with E-state index in [1.807, 2.05) is 0 Å². The number of hydrogen-bond acceptors (Lipinski definition) is 3. The maximum absolute atomic E-state index is 11.8. The Hall–Kier alpha value is -0.920. The van der Waals surface area contributed by atoms with E-state index in [9.17, 15) is 22.8 Å². The molecule has 1 aliphatic heterocycles. The van der Waals surface area contributed by atoms with E-state index in [1.165, 1.54) is 0 Å². The number of carbonyl (C=O) groups is 2. The summed E-state index contributed by atoms with van der Waals surface area (Å²) in [5.41, 5.74) is -4.43. The van der Waals surface area contributed by atoms with Crippen LogP contribution >= 0.6 is 11.8 Å². The summed E-state index contributed by atoms with van der Waals surface area (Å²) in [4.78, 5) is 22.6. The molecule has 4 nitrogen and oxygen atoms in total. The van der Waals surface area contributed by atoms with Gasteiger partial charge in [0.1, 0.15) is 6.04 Å². The summed E-state index contributed by atoms with van der Waals surface area (Å²) in [7, 11) is 0. The van der Waals surface area contributed by atoms with Gasteiger partial charge in [0.05, 0.1) is 5.75 Å². The van der Waals surface area contributed by atoms with Crippen molar-refractivity contribution < 1.29 is 22.8 Å². The molecule has 1 aliphatic rings. The first-order valence-electron chi connectivity index (χ1n) is 5.16. The van der Waals surface area contributed by atoms with Gasteiger partial charge in [0.2, 0.25) is 11.8 Å². The van der Waals surface area contributed by atoms with E-state index in [0.717, 1.165) is 12.8 Å². The lowest BCUT2D eigenvalue weighted by Crippen LogP contribution is -2.46. The third-order valence-electron chi connectivity index (χ3n) is 2.24. The van der Waals surface area contributed by atoms with E-state index in [-0.39, 0.29) is 5.91 Å². The molecule has 1 fully saturated rings. The maximum Gasteiger partial charge on any atom is 0.442 e. The van der Waals surface area contributed by atoms with Crippen molar-refractivity contribution in [2.24, 2.45) is 0 Å². The first-order chi connectivity index (χ1) is 7.88. The minimum absolute atomic E-state index is 0.326. The lowest BCUT2D eigenvalue weighted by molar-refractivity contribution is -0.127. The van der Waals surface area contributed by atoms with E-state index in [1.54, 1.807) is 0 Å². The second-order valence-corrected chi connectivity index (χ2v) is 4.68. The van der Waals surface area contributed by atoms with Crippen LogP contribution in [0.4, 0.5) is 13.2 Å². The lowest BCUT2D eigenvalue weighted by Gasteiger charge is -2.15. The number of carbonyl (C=O) groups excluding carboxylic acids is 2. The fourth-order valence-corrected chi connectivity index (χ4v) is 1.84. The Kier molecular flexibility index (Phi) is 5.10. The zero-order chi connectivity index (χ0) is 12.9. The molecule has 0 saturated carbocycles. The average molecular weight is 270 g/mol. The van der Waals surface area contributed by atoms with Gasteiger partial charge in [-0.25, -0.2) is 0 Å². The predicted molar refractivity (Wildman–Crippen MR) is 57.3 cm³/mol. The van der Waals surface area contributed by atoms with Gasteiger partial charge >= 0.3 is 5.51 Å². The first kappa shape index (κ1) is 14.1. The van der Waals surface area contributed by atoms with Gasteiger partial charge < -0.3 is 10.6 Å². The van der Waals surface area contributed by atoms with Crippen LogP contribution in [0, 0.1) is 0 Å². The third kappa shape index (κ3) is 5.81. The smallest absolute Gasteiger partial charge is 0.354 e. The Morgan fingerprint density at radius 2 is 2.18 bits per heavy atom. The number of thioether (sulfide) groups is 1. The van der Waals surface area contributed by atoms with Crippen molar-refractivity contribution in [1.29, 1.82) is 0 Å². The summed E-state index contributed by atoms with van der Waals surface area (Å²) in [5.74, 6) is -1.81. The highest BCUT2D eigenvalue weighted by molar-refractivity contribution is 8.00. The molecular formula is C9H13F3N2O2S. The molecule has 0 aromatic rings. The summed E-state index contributed by atoms with van der Waals surface area (Å²) >= 11 is -0.407. The molecule has 0 radical (unpaired) electrons. The highest BCUT2D eigenvalue weighted by atomic mass is 32.2. The Morgan fingerprint density at radius 3 is 2.82 bits per heavy atom. The fourth-order valence-electron chi connectivity index (χ4n) is 1.46. The molecule has 1 atom stereocenters. The summed E-state index contributed by atoms with van der Waals surface area (Å²) in [6.07, 6.45) is 2.04. The quantitative estimate of drug-likeness (QED) is 0.805. The Morgan fingerprint density at radius 1 is 1.47 bits per heavy atom. The predicted octanol–water partition coefficient (Wildman–Crippen LogP) is 1.02. The largest absolute Gasteiger partial charge is 0.442 e. The highest BCUT2D eigenvalue weighted by Crippen LogP contribution is 2.29. The number of nitrogens with one attached hydrogen (secondary N) is 2. The van der Waals surface area contributed by atoms with Crippen molar-refractivity contribution in [2.45, 2.75) is 30.8 Å². The third-order valence-corrected chi connectivity index (χ3v) is 2.97. The number of halogens is 3. The molecule has 2 N–H and O–H groups in total. The van der Waals surface area contributed by atoms with Crippen LogP contribution < -0.4 is 10.6 Å². The molecule has 98 valence electrons. The van der Waals surface area contributed by atoms with Gasteiger partial charge in [-0.1, -0.05) is 0 Å². The molecule has 17 heavy (non-hydrogen) atoms. The second-order valence-electron chi connectivity index (χ2n) is 3.64. The molecule has 2 amide bonds. The van der Waals surface area contributed by atoms with Crippen LogP contribution in [0.3, 0.4) is 0 Å². The molecule has 1 heterocycles. The van der Waals surface area contributed by atoms with Crippen molar-refractivity contribution in [3.8, 4) is 0 Å². The Bertz CT molecular complexity index is 296. The molecule has 8 heteroatoms. The summed E-state index contributed by atoms with van der Waals surface area (Å²) < 4.78 is 35.5. The van der Waals surface area contributed by atoms with Gasteiger partial charge in [0, 0.05) is 6.54 Å². The minimum atomic E-state index is -4.43. The van der Waals surface area contributed by atoms with E-state index in [2.05, 4.69) is 10.6 Å². The summed E-state index contributed by atoms with van der Waals surface area (Å²) in [6.45, 7) is 0.544. The molecule has 0 bridgehead atoms. The lowest BCUT2D eigenvalue weighted by atomic mass is 10.1. The van der Waals surface area contributed by atoms with E-state index in [4.69, 9.17) is 0 Å². The Balaban J connectivity index is 2.36. The second kappa shape index (κ2) is 6.13. The van der Waals surface area contributed by atoms with Gasteiger partial charge in [0.25, 0.3) is 0 Å². The number of hydrogen-bond donors (Lipinski definition) is 2. The van der Waals surface area contributed by atoms with E-state index >= 15 is 0 Å². The minimum Gasteiger partial charge on any atom is -0.354 e. The summed E-state index contributed by atoms with van der Waals surface area (Å²) in [6, 6.07) is -0.709. The fraction of sp³-hybridized carbons (Fsp3) is 0.778. The van der Waals surface area contributed by atoms with Gasteiger partial charge in [-0.15, -0.1) is 0 Å². The van der Waals surface area contributed by atoms with Gasteiger partial charge in [0.15, 0.2) is 0 Å². The van der Waals surface area contributed by atoms with Crippen LogP contribution in [0.2, 0.25) is 0 Å². The van der Waals surface area contributed by atoms with Crippen LogP contribution in [0.1, 0.15) is 19.3 Å². The molecule has 0 aromatic carbocycles. The van der Waals surface area contributed by atoms with Crippen LogP contribution in [-0.2, 0) is 9.59 Å². The van der Waals surface area contributed by atoms with Crippen molar-refractivity contribution >= 4 is 23.6 Å². The molecule has 1 rings (SSSR count). The van der Waals surface area contributed by atoms with Gasteiger partial charge in [-0.05, 0) is 31.0 Å². The zero-order valence-corrected chi connectivity index (χ0v) is 9.79. The van der Waals surface area contributed by atoms with Crippen LogP contribution in [0.25, 0.3) is 0 Å². The van der Waals surface area contributed by atoms with Gasteiger partial charge in [-0.3, -0.25) is 9.59 Å². The molecule has 0 unspecified atom stereocenters. The number of rotatable bonds is 3. The van der Waals surface area contributed by atoms with E-state index < -0.39 is 35.0 Å². The SMILES string of the molecule is O=C(CSC(F)(F)F)N[C@H]1CCCCNC1=O. The van der Waals surface area contributed by atoms with Crippen LogP contribution in [0.15, 0.2) is 0 Å². The monoisotopic (exact) mass is 270 g/mol. The normalized spacial score (nSPS) is 21.6. The standard InChI is InChI=1S/C9H13F3N2O2S/c10-9(11,12)17-5-7(15)14-6-3-1-2-4-13-8(6)16/h6H,1-5H2,(H,13,16)(H,14,15)/t6-/m0/s1. The van der Waals surface area contributed by atoms with Gasteiger partial charge in [-0.2, -0.15) is 13.2 Å². The van der Waals surface area contributed by atoms with Crippen molar-refractivity contribution in [3.63, 3.8) is 0 Å². The number of alkyl halides is 3. The molecule has 0 aromatic heterocycles. The van der Waals surface area contributed by atoms with Crippen molar-refractivity contribution in [3.05, 3.63) is 0 Å². The first-order valence-corrected chi connectivity index (χ1v) is 6.15. The molecule has 1 saturated heterocycles. The molecular weight excluding hydrogens is 257 g/mol. The summed E-state index contributed by atoms with van der Waals surface area (Å²) in [5, 5.41) is 4.90. The zero-order valence-electron chi connectivity index (χ0n) is 8.97. The molecule has 0 spiro atoms. The Labute approximate surface area is 101 Å². The number of amides is 2.